The first-order chi connectivity index (χ1) is 18.0. The van der Waals surface area contributed by atoms with Gasteiger partial charge in [0.25, 0.3) is 17.7 Å². The first-order valence-corrected chi connectivity index (χ1v) is 11.2. The standard InChI is InChI=1S/C24H24N4O10/c29-11-14(8-22(35)36)25-20(33)10-28-17-4-2-1-3-16(17)27(21(34)12-30)9-15(24(28)38)26-23(37)13-5-6-18(31)19(32)7-13/h1-7,11,14-15,30-32H,8-10,12H2,(H,25,33)(H,26,37)(H,35,36)/t14-,15-/m0/s1. The lowest BCUT2D eigenvalue weighted by Crippen LogP contribution is -2.55. The number of para-hydroxylation sites is 2. The molecule has 2 aromatic carbocycles. The van der Waals surface area contributed by atoms with Gasteiger partial charge in [0.05, 0.1) is 30.4 Å². The Morgan fingerprint density at radius 2 is 1.74 bits per heavy atom. The number of hydrogen-bond donors (Lipinski definition) is 6. The van der Waals surface area contributed by atoms with Gasteiger partial charge in [-0.25, -0.2) is 0 Å². The third-order valence-corrected chi connectivity index (χ3v) is 5.58. The summed E-state index contributed by atoms with van der Waals surface area (Å²) in [5.41, 5.74) is 0.0975. The van der Waals surface area contributed by atoms with Crippen LogP contribution in [-0.4, -0.2) is 88.1 Å². The number of aromatic hydroxyl groups is 2. The van der Waals surface area contributed by atoms with Crippen molar-refractivity contribution in [3.05, 3.63) is 48.0 Å². The molecule has 38 heavy (non-hydrogen) atoms. The van der Waals surface area contributed by atoms with Crippen LogP contribution in [0.3, 0.4) is 0 Å². The maximum atomic E-state index is 13.6. The van der Waals surface area contributed by atoms with Crippen molar-refractivity contribution in [2.45, 2.75) is 18.5 Å². The number of nitrogens with one attached hydrogen (secondary N) is 2. The van der Waals surface area contributed by atoms with E-state index in [0.29, 0.717) is 0 Å². The second-order valence-corrected chi connectivity index (χ2v) is 8.21. The van der Waals surface area contributed by atoms with Gasteiger partial charge in [0.1, 0.15) is 25.5 Å². The first-order valence-electron chi connectivity index (χ1n) is 11.2. The minimum absolute atomic E-state index is 0.0781. The third-order valence-electron chi connectivity index (χ3n) is 5.58. The van der Waals surface area contributed by atoms with Crippen LogP contribution in [0.25, 0.3) is 0 Å². The quantitative estimate of drug-likeness (QED) is 0.168. The van der Waals surface area contributed by atoms with E-state index < -0.39 is 79.3 Å². The number of carbonyl (C=O) groups excluding carboxylic acids is 5. The molecule has 0 aliphatic carbocycles. The maximum Gasteiger partial charge on any atom is 0.305 e. The van der Waals surface area contributed by atoms with Gasteiger partial charge in [0.2, 0.25) is 5.91 Å². The van der Waals surface area contributed by atoms with E-state index >= 15 is 0 Å². The summed E-state index contributed by atoms with van der Waals surface area (Å²) in [6.45, 7) is -2.06. The van der Waals surface area contributed by atoms with Crippen molar-refractivity contribution >= 4 is 47.3 Å². The largest absolute Gasteiger partial charge is 0.504 e. The smallest absolute Gasteiger partial charge is 0.305 e. The van der Waals surface area contributed by atoms with Gasteiger partial charge in [-0.1, -0.05) is 12.1 Å². The van der Waals surface area contributed by atoms with Crippen molar-refractivity contribution in [3.63, 3.8) is 0 Å². The molecular weight excluding hydrogens is 504 g/mol. The second kappa shape index (κ2) is 11.8. The molecule has 3 rings (SSSR count). The van der Waals surface area contributed by atoms with E-state index in [1.165, 1.54) is 24.3 Å². The number of carboxylic acids is 1. The van der Waals surface area contributed by atoms with Crippen LogP contribution in [0.15, 0.2) is 42.5 Å². The van der Waals surface area contributed by atoms with Crippen molar-refractivity contribution in [1.82, 2.24) is 10.6 Å². The molecule has 0 unspecified atom stereocenters. The van der Waals surface area contributed by atoms with Gasteiger partial charge in [-0.05, 0) is 30.3 Å². The van der Waals surface area contributed by atoms with Crippen LogP contribution in [0, 0.1) is 0 Å². The molecule has 0 fully saturated rings. The Kier molecular flexibility index (Phi) is 8.60. The van der Waals surface area contributed by atoms with E-state index in [1.54, 1.807) is 6.07 Å². The van der Waals surface area contributed by atoms with E-state index in [9.17, 15) is 44.1 Å². The molecule has 14 nitrogen and oxygen atoms in total. The number of aliphatic hydroxyl groups is 1. The van der Waals surface area contributed by atoms with Gasteiger partial charge >= 0.3 is 5.97 Å². The zero-order chi connectivity index (χ0) is 28.0. The molecule has 2 aromatic rings. The van der Waals surface area contributed by atoms with Crippen molar-refractivity contribution in [3.8, 4) is 11.5 Å². The van der Waals surface area contributed by atoms with Gasteiger partial charge in [0, 0.05) is 5.56 Å². The molecule has 0 aromatic heterocycles. The van der Waals surface area contributed by atoms with Gasteiger partial charge < -0.3 is 40.8 Å². The average Bonchev–Trinajstić information content (AvgIpc) is 2.99. The van der Waals surface area contributed by atoms with E-state index in [0.717, 1.165) is 21.9 Å². The number of phenolic OH excluding ortho intramolecular Hbond substituents is 2. The second-order valence-electron chi connectivity index (χ2n) is 8.21. The summed E-state index contributed by atoms with van der Waals surface area (Å²) in [7, 11) is 0. The van der Waals surface area contributed by atoms with E-state index in [2.05, 4.69) is 10.6 Å². The number of anilines is 2. The molecule has 2 atom stereocenters. The fourth-order valence-electron chi connectivity index (χ4n) is 3.80. The van der Waals surface area contributed by atoms with Crippen molar-refractivity contribution in [2.75, 3.05) is 29.5 Å². The molecular formula is C24H24N4O10. The number of carbonyl (C=O) groups is 6. The summed E-state index contributed by atoms with van der Waals surface area (Å²) in [6.07, 6.45) is -0.446. The number of nitrogens with zero attached hydrogens (tertiary/aromatic N) is 2. The van der Waals surface area contributed by atoms with Crippen LogP contribution in [0.1, 0.15) is 16.8 Å². The molecule has 0 spiro atoms. The van der Waals surface area contributed by atoms with E-state index in [1.807, 2.05) is 0 Å². The Balaban J connectivity index is 1.97. The molecule has 4 amide bonds. The van der Waals surface area contributed by atoms with E-state index in [-0.39, 0.29) is 23.2 Å². The summed E-state index contributed by atoms with van der Waals surface area (Å²) in [6, 6.07) is 6.36. The fourth-order valence-corrected chi connectivity index (χ4v) is 3.80. The molecule has 0 radical (unpaired) electrons. The minimum atomic E-state index is -1.45. The molecule has 200 valence electrons. The van der Waals surface area contributed by atoms with Gasteiger partial charge in [-0.15, -0.1) is 0 Å². The van der Waals surface area contributed by atoms with Crippen molar-refractivity contribution in [2.24, 2.45) is 0 Å². The number of phenols is 2. The van der Waals surface area contributed by atoms with Crippen LogP contribution >= 0.6 is 0 Å². The lowest BCUT2D eigenvalue weighted by atomic mass is 10.1. The SMILES string of the molecule is O=C[C@H](CC(=O)O)NC(=O)CN1C(=O)[C@@H](NC(=O)c2ccc(O)c(O)c2)CN(C(=O)CO)c2ccccc21. The highest BCUT2D eigenvalue weighted by Crippen LogP contribution is 2.33. The molecule has 1 heterocycles. The van der Waals surface area contributed by atoms with Gasteiger partial charge in [-0.3, -0.25) is 28.9 Å². The summed E-state index contributed by atoms with van der Waals surface area (Å²) in [5, 5.41) is 42.3. The molecule has 0 saturated carbocycles. The molecule has 6 N–H and O–H groups in total. The highest BCUT2D eigenvalue weighted by Gasteiger charge is 2.37. The number of aldehydes is 1. The monoisotopic (exact) mass is 528 g/mol. The third kappa shape index (κ3) is 6.22. The number of fused-ring (bicyclic) bond motifs is 1. The Labute approximate surface area is 215 Å². The van der Waals surface area contributed by atoms with Crippen LogP contribution < -0.4 is 20.4 Å². The number of hydrogen-bond acceptors (Lipinski definition) is 9. The summed E-state index contributed by atoms with van der Waals surface area (Å²) in [5.74, 6) is -5.78. The van der Waals surface area contributed by atoms with Gasteiger partial charge in [0.15, 0.2) is 11.5 Å². The number of benzene rings is 2. The Bertz CT molecular complexity index is 1280. The summed E-state index contributed by atoms with van der Waals surface area (Å²) >= 11 is 0. The fraction of sp³-hybridized carbons (Fsp3) is 0.250. The van der Waals surface area contributed by atoms with Crippen molar-refractivity contribution in [1.29, 1.82) is 0 Å². The molecule has 0 saturated heterocycles. The van der Waals surface area contributed by atoms with Crippen LogP contribution in [0.4, 0.5) is 11.4 Å². The predicted molar refractivity (Wildman–Crippen MR) is 130 cm³/mol. The Hall–Kier alpha value is -4.98. The predicted octanol–water partition coefficient (Wildman–Crippen LogP) is -1.27. The number of aliphatic carboxylic acids is 1. The minimum Gasteiger partial charge on any atom is -0.504 e. The topological polar surface area (TPSA) is 214 Å². The summed E-state index contributed by atoms with van der Waals surface area (Å²) in [4.78, 5) is 75.9. The number of rotatable bonds is 9. The lowest BCUT2D eigenvalue weighted by molar-refractivity contribution is -0.139. The number of aliphatic hydroxyl groups excluding tert-OH is 1. The summed E-state index contributed by atoms with van der Waals surface area (Å²) < 4.78 is 0. The van der Waals surface area contributed by atoms with Gasteiger partial charge in [-0.2, -0.15) is 0 Å². The molecule has 0 bridgehead atoms. The zero-order valence-corrected chi connectivity index (χ0v) is 19.7. The number of carboxylic acid groups (broad SMARTS) is 1. The van der Waals surface area contributed by atoms with Crippen LogP contribution in [-0.2, 0) is 24.0 Å². The Morgan fingerprint density at radius 3 is 2.34 bits per heavy atom. The molecule has 1 aliphatic rings. The Morgan fingerprint density at radius 1 is 1.05 bits per heavy atom. The first kappa shape index (κ1) is 27.6. The normalized spacial score (nSPS) is 15.6. The van der Waals surface area contributed by atoms with Crippen molar-refractivity contribution < 1.29 is 49.2 Å². The molecule has 1 aliphatic heterocycles. The number of amides is 4. The van der Waals surface area contributed by atoms with Crippen LogP contribution in [0.2, 0.25) is 0 Å². The highest BCUT2D eigenvalue weighted by atomic mass is 16.4. The van der Waals surface area contributed by atoms with E-state index in [4.69, 9.17) is 5.11 Å². The highest BCUT2D eigenvalue weighted by molar-refractivity contribution is 6.11. The molecule has 14 heteroatoms. The lowest BCUT2D eigenvalue weighted by Gasteiger charge is -2.25. The average molecular weight is 528 g/mol. The van der Waals surface area contributed by atoms with Crippen LogP contribution in [0.5, 0.6) is 11.5 Å². The maximum absolute atomic E-state index is 13.6. The zero-order valence-electron chi connectivity index (χ0n) is 19.7.